The fraction of sp³-hybridized carbons (Fsp3) is 0.571. The molecular formula is C21H27N3O4. The highest BCUT2D eigenvalue weighted by Gasteiger charge is 2.32. The maximum Gasteiger partial charge on any atom is 0.0717 e. The molecule has 150 valence electrons. The predicted octanol–water partition coefficient (Wildman–Crippen LogP) is 2.98. The summed E-state index contributed by atoms with van der Waals surface area (Å²) in [4.78, 5) is 0. The Balaban J connectivity index is 2.71. The third kappa shape index (κ3) is 10.6. The predicted molar refractivity (Wildman–Crippen MR) is 102 cm³/mol. The van der Waals surface area contributed by atoms with Crippen molar-refractivity contribution in [1.82, 2.24) is 0 Å². The fourth-order valence-corrected chi connectivity index (χ4v) is 2.43. The minimum Gasteiger partial charge on any atom is -0.380 e. The van der Waals surface area contributed by atoms with Crippen molar-refractivity contribution in [3.8, 4) is 18.2 Å². The molecule has 0 bridgehead atoms. The standard InChI is InChI=1S/C21H27N3O4/c22-9-4-12-25-16-21(17-26-13-5-10-23,18-27-14-6-11-24)19-28-15-20-7-2-1-3-8-20/h1-3,7-8H,4-6,12-19H2. The summed E-state index contributed by atoms with van der Waals surface area (Å²) in [5.74, 6) is 0. The van der Waals surface area contributed by atoms with Crippen LogP contribution >= 0.6 is 0 Å². The van der Waals surface area contributed by atoms with Crippen molar-refractivity contribution >= 4 is 0 Å². The summed E-state index contributed by atoms with van der Waals surface area (Å²) in [6.45, 7) is 2.59. The van der Waals surface area contributed by atoms with Crippen LogP contribution < -0.4 is 0 Å². The van der Waals surface area contributed by atoms with Crippen LogP contribution in [0.2, 0.25) is 0 Å². The Kier molecular flexibility index (Phi) is 13.1. The molecule has 0 saturated carbocycles. The van der Waals surface area contributed by atoms with Crippen LogP contribution in [0.25, 0.3) is 0 Å². The highest BCUT2D eigenvalue weighted by Crippen LogP contribution is 2.22. The van der Waals surface area contributed by atoms with Gasteiger partial charge in [-0.25, -0.2) is 0 Å². The quantitative estimate of drug-likeness (QED) is 0.402. The van der Waals surface area contributed by atoms with Crippen molar-refractivity contribution in [1.29, 1.82) is 15.8 Å². The number of hydrogen-bond donors (Lipinski definition) is 0. The summed E-state index contributed by atoms with van der Waals surface area (Å²) < 4.78 is 22.9. The van der Waals surface area contributed by atoms with E-state index in [0.717, 1.165) is 5.56 Å². The molecule has 0 fully saturated rings. The van der Waals surface area contributed by atoms with E-state index in [1.165, 1.54) is 0 Å². The third-order valence-electron chi connectivity index (χ3n) is 3.82. The number of ether oxygens (including phenoxy) is 4. The first kappa shape index (κ1) is 23.6. The first-order valence-corrected chi connectivity index (χ1v) is 9.22. The van der Waals surface area contributed by atoms with E-state index < -0.39 is 5.41 Å². The summed E-state index contributed by atoms with van der Waals surface area (Å²) in [6.07, 6.45) is 0.891. The second kappa shape index (κ2) is 15.6. The molecule has 0 radical (unpaired) electrons. The average molecular weight is 385 g/mol. The van der Waals surface area contributed by atoms with Gasteiger partial charge in [0.15, 0.2) is 0 Å². The zero-order valence-corrected chi connectivity index (χ0v) is 16.1. The molecule has 0 N–H and O–H groups in total. The largest absolute Gasteiger partial charge is 0.380 e. The summed E-state index contributed by atoms with van der Waals surface area (Å²) in [5.41, 5.74) is 0.465. The van der Waals surface area contributed by atoms with E-state index in [2.05, 4.69) is 0 Å². The van der Waals surface area contributed by atoms with Gasteiger partial charge in [-0.05, 0) is 5.56 Å². The van der Waals surface area contributed by atoms with Gasteiger partial charge in [-0.3, -0.25) is 0 Å². The fourth-order valence-electron chi connectivity index (χ4n) is 2.43. The van der Waals surface area contributed by atoms with E-state index in [1.54, 1.807) is 0 Å². The second-order valence-corrected chi connectivity index (χ2v) is 6.36. The topological polar surface area (TPSA) is 108 Å². The first-order valence-electron chi connectivity index (χ1n) is 9.22. The van der Waals surface area contributed by atoms with E-state index in [1.807, 2.05) is 48.5 Å². The minimum atomic E-state index is -0.588. The number of benzene rings is 1. The van der Waals surface area contributed by atoms with E-state index in [4.69, 9.17) is 34.7 Å². The van der Waals surface area contributed by atoms with E-state index in [-0.39, 0.29) is 0 Å². The smallest absolute Gasteiger partial charge is 0.0717 e. The van der Waals surface area contributed by atoms with E-state index in [9.17, 15) is 0 Å². The Labute approximate surface area is 167 Å². The third-order valence-corrected chi connectivity index (χ3v) is 3.82. The van der Waals surface area contributed by atoms with Gasteiger partial charge in [0.1, 0.15) is 0 Å². The SMILES string of the molecule is N#CCCOCC(COCCC#N)(COCCC#N)COCc1ccccc1. The first-order chi connectivity index (χ1) is 13.8. The maximum absolute atomic E-state index is 8.70. The van der Waals surface area contributed by atoms with Crippen LogP contribution in [-0.4, -0.2) is 46.2 Å². The molecule has 0 unspecified atom stereocenters. The van der Waals surface area contributed by atoms with E-state index >= 15 is 0 Å². The van der Waals surface area contributed by atoms with Gasteiger partial charge in [0.05, 0.1) is 95.7 Å². The minimum absolute atomic E-state index is 0.294. The summed E-state index contributed by atoms with van der Waals surface area (Å²) in [6, 6.07) is 16.0. The van der Waals surface area contributed by atoms with Crippen molar-refractivity contribution in [2.75, 3.05) is 46.2 Å². The molecule has 0 spiro atoms. The lowest BCUT2D eigenvalue weighted by Crippen LogP contribution is -2.42. The summed E-state index contributed by atoms with van der Waals surface area (Å²) in [7, 11) is 0. The molecular weight excluding hydrogens is 358 g/mol. The van der Waals surface area contributed by atoms with Crippen molar-refractivity contribution in [2.24, 2.45) is 5.41 Å². The van der Waals surface area contributed by atoms with Crippen molar-refractivity contribution in [3.63, 3.8) is 0 Å². The molecule has 1 aromatic rings. The van der Waals surface area contributed by atoms with Crippen LogP contribution in [-0.2, 0) is 25.6 Å². The molecule has 0 aliphatic rings. The molecule has 0 aromatic heterocycles. The summed E-state index contributed by atoms with van der Waals surface area (Å²) in [5, 5.41) is 26.1. The van der Waals surface area contributed by atoms with Crippen molar-refractivity contribution in [3.05, 3.63) is 35.9 Å². The normalized spacial score (nSPS) is 10.8. The average Bonchev–Trinajstić information content (AvgIpc) is 2.72. The van der Waals surface area contributed by atoms with Gasteiger partial charge in [0.2, 0.25) is 0 Å². The van der Waals surface area contributed by atoms with Gasteiger partial charge in [-0.1, -0.05) is 30.3 Å². The van der Waals surface area contributed by atoms with Crippen molar-refractivity contribution in [2.45, 2.75) is 25.9 Å². The van der Waals surface area contributed by atoms with Crippen molar-refractivity contribution < 1.29 is 18.9 Å². The Bertz CT molecular complexity index is 591. The number of rotatable bonds is 16. The maximum atomic E-state index is 8.70. The molecule has 7 heteroatoms. The molecule has 0 saturated heterocycles. The lowest BCUT2D eigenvalue weighted by molar-refractivity contribution is -0.108. The lowest BCUT2D eigenvalue weighted by atomic mass is 9.92. The second-order valence-electron chi connectivity index (χ2n) is 6.36. The highest BCUT2D eigenvalue weighted by atomic mass is 16.5. The molecule has 0 atom stereocenters. The molecule has 28 heavy (non-hydrogen) atoms. The van der Waals surface area contributed by atoms with Gasteiger partial charge < -0.3 is 18.9 Å². The van der Waals surface area contributed by atoms with Crippen LogP contribution in [0.3, 0.4) is 0 Å². The molecule has 1 rings (SSSR count). The zero-order valence-electron chi connectivity index (χ0n) is 16.1. The monoisotopic (exact) mass is 385 g/mol. The molecule has 0 aliphatic carbocycles. The van der Waals surface area contributed by atoms with Gasteiger partial charge in [-0.15, -0.1) is 0 Å². The Morgan fingerprint density at radius 3 is 1.50 bits per heavy atom. The van der Waals surface area contributed by atoms with Crippen LogP contribution in [0.4, 0.5) is 0 Å². The Morgan fingerprint density at radius 2 is 1.07 bits per heavy atom. The summed E-state index contributed by atoms with van der Waals surface area (Å²) >= 11 is 0. The molecule has 1 aromatic carbocycles. The zero-order chi connectivity index (χ0) is 20.3. The lowest BCUT2D eigenvalue weighted by Gasteiger charge is -2.32. The molecule has 0 amide bonds. The van der Waals surface area contributed by atoms with Gasteiger partial charge in [0.25, 0.3) is 0 Å². The van der Waals surface area contributed by atoms with Gasteiger partial charge in [-0.2, -0.15) is 15.8 Å². The van der Waals surface area contributed by atoms with Crippen LogP contribution in [0, 0.1) is 39.4 Å². The van der Waals surface area contributed by atoms with Crippen LogP contribution in [0.5, 0.6) is 0 Å². The molecule has 7 nitrogen and oxygen atoms in total. The van der Waals surface area contributed by atoms with Crippen LogP contribution in [0.15, 0.2) is 30.3 Å². The number of nitriles is 3. The van der Waals surface area contributed by atoms with E-state index in [0.29, 0.717) is 72.1 Å². The van der Waals surface area contributed by atoms with Gasteiger partial charge in [0, 0.05) is 0 Å². The Morgan fingerprint density at radius 1 is 0.643 bits per heavy atom. The Hall–Kier alpha value is -2.47. The molecule has 0 heterocycles. The number of nitrogens with zero attached hydrogens (tertiary/aromatic N) is 3. The number of hydrogen-bond acceptors (Lipinski definition) is 7. The highest BCUT2D eigenvalue weighted by molar-refractivity contribution is 5.13. The van der Waals surface area contributed by atoms with Gasteiger partial charge >= 0.3 is 0 Å². The van der Waals surface area contributed by atoms with Crippen LogP contribution in [0.1, 0.15) is 24.8 Å². The molecule has 0 aliphatic heterocycles.